The van der Waals surface area contributed by atoms with E-state index in [0.29, 0.717) is 12.0 Å². The number of nitrogens with one attached hydrogen (secondary N) is 1. The molecule has 5 heteroatoms. The van der Waals surface area contributed by atoms with Crippen LogP contribution in [-0.2, 0) is 16.6 Å². The maximum absolute atomic E-state index is 12.5. The molecule has 0 aliphatic heterocycles. The largest absolute Gasteiger partial charge is 0.481 e. The van der Waals surface area contributed by atoms with Crippen molar-refractivity contribution in [2.24, 2.45) is 0 Å². The van der Waals surface area contributed by atoms with E-state index >= 15 is 0 Å². The topological polar surface area (TPSA) is 66.4 Å². The number of carbonyl (C=O) groups excluding carboxylic acids is 1. The maximum Gasteiger partial charge on any atom is 0.303 e. The normalized spacial score (nSPS) is 11.5. The SMILES string of the molecule is CC(C)(C)c1ccc(C(=O)Nc2ccc3sc(CCC(=O)O)cc3c2)cc1. The minimum atomic E-state index is -0.794. The van der Waals surface area contributed by atoms with Gasteiger partial charge in [-0.3, -0.25) is 9.59 Å². The monoisotopic (exact) mass is 381 g/mol. The summed E-state index contributed by atoms with van der Waals surface area (Å²) in [5, 5.41) is 12.8. The van der Waals surface area contributed by atoms with Gasteiger partial charge in [0.15, 0.2) is 0 Å². The fourth-order valence-electron chi connectivity index (χ4n) is 2.85. The summed E-state index contributed by atoms with van der Waals surface area (Å²) in [5.74, 6) is -0.936. The lowest BCUT2D eigenvalue weighted by molar-refractivity contribution is -0.136. The van der Waals surface area contributed by atoms with Crippen LogP contribution in [0.15, 0.2) is 48.5 Å². The predicted molar refractivity (Wildman–Crippen MR) is 111 cm³/mol. The first-order chi connectivity index (χ1) is 12.7. The smallest absolute Gasteiger partial charge is 0.303 e. The van der Waals surface area contributed by atoms with Crippen LogP contribution in [0.1, 0.15) is 48.0 Å². The zero-order chi connectivity index (χ0) is 19.6. The Balaban J connectivity index is 1.73. The van der Waals surface area contributed by atoms with Crippen molar-refractivity contribution in [2.75, 3.05) is 5.32 Å². The van der Waals surface area contributed by atoms with Crippen LogP contribution in [0.5, 0.6) is 0 Å². The van der Waals surface area contributed by atoms with Gasteiger partial charge in [-0.05, 0) is 59.2 Å². The average molecular weight is 381 g/mol. The highest BCUT2D eigenvalue weighted by Gasteiger charge is 2.14. The highest BCUT2D eigenvalue weighted by Crippen LogP contribution is 2.29. The quantitative estimate of drug-likeness (QED) is 0.616. The van der Waals surface area contributed by atoms with Crippen molar-refractivity contribution in [3.63, 3.8) is 0 Å². The first-order valence-electron chi connectivity index (χ1n) is 8.88. The van der Waals surface area contributed by atoms with Crippen LogP contribution in [0.4, 0.5) is 5.69 Å². The van der Waals surface area contributed by atoms with Gasteiger partial charge in [0.25, 0.3) is 5.91 Å². The van der Waals surface area contributed by atoms with Gasteiger partial charge < -0.3 is 10.4 Å². The third-order valence-corrected chi connectivity index (χ3v) is 5.60. The first-order valence-corrected chi connectivity index (χ1v) is 9.70. The summed E-state index contributed by atoms with van der Waals surface area (Å²) in [6, 6.07) is 15.4. The van der Waals surface area contributed by atoms with Crippen molar-refractivity contribution in [1.82, 2.24) is 0 Å². The summed E-state index contributed by atoms with van der Waals surface area (Å²) < 4.78 is 1.09. The summed E-state index contributed by atoms with van der Waals surface area (Å²) in [7, 11) is 0. The summed E-state index contributed by atoms with van der Waals surface area (Å²) in [5.41, 5.74) is 2.59. The van der Waals surface area contributed by atoms with E-state index in [1.54, 1.807) is 11.3 Å². The van der Waals surface area contributed by atoms with Crippen LogP contribution in [0.2, 0.25) is 0 Å². The Hall–Kier alpha value is -2.66. The number of carbonyl (C=O) groups is 2. The molecule has 0 aliphatic rings. The lowest BCUT2D eigenvalue weighted by Crippen LogP contribution is -2.14. The Morgan fingerprint density at radius 3 is 2.37 bits per heavy atom. The van der Waals surface area contributed by atoms with Crippen molar-refractivity contribution in [3.8, 4) is 0 Å². The van der Waals surface area contributed by atoms with Gasteiger partial charge in [-0.1, -0.05) is 32.9 Å². The van der Waals surface area contributed by atoms with Crippen molar-refractivity contribution in [3.05, 3.63) is 64.5 Å². The van der Waals surface area contributed by atoms with E-state index in [0.717, 1.165) is 20.7 Å². The molecule has 0 atom stereocenters. The Morgan fingerprint density at radius 2 is 1.74 bits per heavy atom. The predicted octanol–water partition coefficient (Wildman–Crippen LogP) is 5.47. The lowest BCUT2D eigenvalue weighted by atomic mass is 9.87. The molecule has 0 spiro atoms. The molecule has 1 aromatic heterocycles. The minimum absolute atomic E-state index is 0.0529. The van der Waals surface area contributed by atoms with Gasteiger partial charge in [0.2, 0.25) is 0 Å². The molecule has 1 heterocycles. The fourth-order valence-corrected chi connectivity index (χ4v) is 3.90. The van der Waals surface area contributed by atoms with Gasteiger partial charge in [-0.15, -0.1) is 11.3 Å². The van der Waals surface area contributed by atoms with Crippen LogP contribution in [0, 0.1) is 0 Å². The Labute approximate surface area is 162 Å². The number of hydrogen-bond donors (Lipinski definition) is 2. The summed E-state index contributed by atoms with van der Waals surface area (Å²) in [4.78, 5) is 24.3. The Kier molecular flexibility index (Phi) is 5.33. The standard InChI is InChI=1S/C22H23NO3S/c1-22(2,3)16-6-4-14(5-7-16)21(26)23-17-8-10-19-15(12-17)13-18(27-19)9-11-20(24)25/h4-8,10,12-13H,9,11H2,1-3H3,(H,23,26)(H,24,25). The highest BCUT2D eigenvalue weighted by molar-refractivity contribution is 7.19. The number of thiophene rings is 1. The molecule has 27 heavy (non-hydrogen) atoms. The number of rotatable bonds is 5. The van der Waals surface area contributed by atoms with Crippen LogP contribution in [-0.4, -0.2) is 17.0 Å². The molecule has 3 rings (SSSR count). The molecule has 1 amide bonds. The van der Waals surface area contributed by atoms with E-state index in [1.165, 1.54) is 5.56 Å². The molecule has 0 unspecified atom stereocenters. The molecule has 4 nitrogen and oxygen atoms in total. The van der Waals surface area contributed by atoms with Crippen molar-refractivity contribution in [2.45, 2.75) is 39.0 Å². The van der Waals surface area contributed by atoms with Gasteiger partial charge in [0.1, 0.15) is 0 Å². The van der Waals surface area contributed by atoms with E-state index in [9.17, 15) is 9.59 Å². The molecule has 0 fully saturated rings. The van der Waals surface area contributed by atoms with Crippen molar-refractivity contribution >= 4 is 39.0 Å². The number of aryl methyl sites for hydroxylation is 1. The van der Waals surface area contributed by atoms with E-state index in [1.807, 2.05) is 48.5 Å². The third-order valence-electron chi connectivity index (χ3n) is 4.42. The van der Waals surface area contributed by atoms with Crippen molar-refractivity contribution < 1.29 is 14.7 Å². The molecular weight excluding hydrogens is 358 g/mol. The molecule has 2 N–H and O–H groups in total. The number of fused-ring (bicyclic) bond motifs is 1. The number of aliphatic carboxylic acids is 1. The van der Waals surface area contributed by atoms with Gasteiger partial charge >= 0.3 is 5.97 Å². The molecule has 140 valence electrons. The molecule has 0 bridgehead atoms. The number of amides is 1. The van der Waals surface area contributed by atoms with E-state index in [2.05, 4.69) is 26.1 Å². The second-order valence-corrected chi connectivity index (χ2v) is 8.81. The van der Waals surface area contributed by atoms with Crippen LogP contribution >= 0.6 is 11.3 Å². The molecule has 2 aromatic carbocycles. The summed E-state index contributed by atoms with van der Waals surface area (Å²) >= 11 is 1.59. The van der Waals surface area contributed by atoms with Crippen LogP contribution in [0.25, 0.3) is 10.1 Å². The Morgan fingerprint density at radius 1 is 1.04 bits per heavy atom. The first kappa shape index (κ1) is 19.1. The third kappa shape index (κ3) is 4.74. The molecule has 0 aliphatic carbocycles. The number of benzene rings is 2. The minimum Gasteiger partial charge on any atom is -0.481 e. The number of carboxylic acids is 1. The van der Waals surface area contributed by atoms with Gasteiger partial charge in [0.05, 0.1) is 6.42 Å². The van der Waals surface area contributed by atoms with E-state index in [-0.39, 0.29) is 17.7 Å². The van der Waals surface area contributed by atoms with Crippen LogP contribution in [0.3, 0.4) is 0 Å². The number of anilines is 1. The number of carboxylic acid groups (broad SMARTS) is 1. The zero-order valence-electron chi connectivity index (χ0n) is 15.7. The van der Waals surface area contributed by atoms with Gasteiger partial charge in [-0.2, -0.15) is 0 Å². The van der Waals surface area contributed by atoms with Crippen molar-refractivity contribution in [1.29, 1.82) is 0 Å². The molecule has 0 radical (unpaired) electrons. The zero-order valence-corrected chi connectivity index (χ0v) is 16.5. The lowest BCUT2D eigenvalue weighted by Gasteiger charge is -2.19. The van der Waals surface area contributed by atoms with E-state index < -0.39 is 5.97 Å². The fraction of sp³-hybridized carbons (Fsp3) is 0.273. The Bertz CT molecular complexity index is 981. The number of hydrogen-bond acceptors (Lipinski definition) is 3. The molecule has 3 aromatic rings. The van der Waals surface area contributed by atoms with E-state index in [4.69, 9.17) is 5.11 Å². The second kappa shape index (κ2) is 7.53. The molecular formula is C22H23NO3S. The second-order valence-electron chi connectivity index (χ2n) is 7.64. The molecule has 0 saturated heterocycles. The highest BCUT2D eigenvalue weighted by atomic mass is 32.1. The summed E-state index contributed by atoms with van der Waals surface area (Å²) in [6.07, 6.45) is 0.650. The average Bonchev–Trinajstić information content (AvgIpc) is 3.01. The van der Waals surface area contributed by atoms with Gasteiger partial charge in [-0.25, -0.2) is 0 Å². The van der Waals surface area contributed by atoms with Crippen LogP contribution < -0.4 is 5.32 Å². The molecule has 0 saturated carbocycles. The maximum atomic E-state index is 12.5. The summed E-state index contributed by atoms with van der Waals surface area (Å²) in [6.45, 7) is 6.43. The van der Waals surface area contributed by atoms with Gasteiger partial charge in [0, 0.05) is 20.8 Å².